The molecule has 1 aliphatic rings. The van der Waals surface area contributed by atoms with Gasteiger partial charge in [-0.2, -0.15) is 5.10 Å². The molecule has 2 rings (SSSR count). The van der Waals surface area contributed by atoms with Crippen molar-refractivity contribution in [3.63, 3.8) is 0 Å². The first-order valence-electron chi connectivity index (χ1n) is 5.60. The van der Waals surface area contributed by atoms with Crippen LogP contribution in [-0.4, -0.2) is 22.4 Å². The van der Waals surface area contributed by atoms with E-state index < -0.39 is 0 Å². The number of aromatic nitrogens is 2. The minimum absolute atomic E-state index is 0.447. The van der Waals surface area contributed by atoms with E-state index in [0.717, 1.165) is 17.1 Å². The van der Waals surface area contributed by atoms with Gasteiger partial charge in [0.1, 0.15) is 0 Å². The fourth-order valence-corrected chi connectivity index (χ4v) is 1.91. The van der Waals surface area contributed by atoms with Gasteiger partial charge in [0.2, 0.25) is 0 Å². The van der Waals surface area contributed by atoms with Crippen LogP contribution in [0.3, 0.4) is 0 Å². The zero-order valence-electron chi connectivity index (χ0n) is 9.28. The highest BCUT2D eigenvalue weighted by molar-refractivity contribution is 9.10. The van der Waals surface area contributed by atoms with Crippen LogP contribution in [0.1, 0.15) is 32.7 Å². The molecule has 1 aromatic rings. The smallest absolute Gasteiger partial charge is 0.0632 e. The van der Waals surface area contributed by atoms with Crippen molar-refractivity contribution in [3.05, 3.63) is 16.9 Å². The topological polar surface area (TPSA) is 29.9 Å². The predicted molar refractivity (Wildman–Crippen MR) is 64.8 cm³/mol. The summed E-state index contributed by atoms with van der Waals surface area (Å²) in [6, 6.07) is 1.24. The summed E-state index contributed by atoms with van der Waals surface area (Å²) in [5, 5.41) is 7.88. The van der Waals surface area contributed by atoms with E-state index in [1.165, 1.54) is 12.8 Å². The molecule has 2 unspecified atom stereocenters. The Balaban J connectivity index is 1.85. The van der Waals surface area contributed by atoms with Crippen LogP contribution < -0.4 is 5.32 Å². The highest BCUT2D eigenvalue weighted by atomic mass is 79.9. The van der Waals surface area contributed by atoms with E-state index in [1.54, 1.807) is 0 Å². The molecule has 0 saturated heterocycles. The van der Waals surface area contributed by atoms with Gasteiger partial charge in [-0.1, -0.05) is 6.92 Å². The van der Waals surface area contributed by atoms with E-state index in [-0.39, 0.29) is 0 Å². The van der Waals surface area contributed by atoms with Crippen LogP contribution in [0.15, 0.2) is 16.9 Å². The van der Waals surface area contributed by atoms with Crippen LogP contribution in [0.5, 0.6) is 0 Å². The summed E-state index contributed by atoms with van der Waals surface area (Å²) in [6.45, 7) is 5.58. The van der Waals surface area contributed by atoms with Gasteiger partial charge in [-0.15, -0.1) is 0 Å². The SMILES string of the molecule is CC(CNC1CC1)C(C)n1cc(Br)cn1. The molecule has 15 heavy (non-hydrogen) atoms. The Morgan fingerprint density at radius 3 is 2.87 bits per heavy atom. The lowest BCUT2D eigenvalue weighted by molar-refractivity contribution is 0.336. The Bertz CT molecular complexity index is 319. The molecule has 0 aromatic carbocycles. The quantitative estimate of drug-likeness (QED) is 0.892. The molecular formula is C11H18BrN3. The molecule has 2 atom stereocenters. The maximum Gasteiger partial charge on any atom is 0.0632 e. The molecule has 0 radical (unpaired) electrons. The minimum Gasteiger partial charge on any atom is -0.314 e. The average molecular weight is 272 g/mol. The maximum absolute atomic E-state index is 4.32. The Morgan fingerprint density at radius 2 is 2.33 bits per heavy atom. The van der Waals surface area contributed by atoms with Gasteiger partial charge < -0.3 is 5.32 Å². The molecule has 0 bridgehead atoms. The standard InChI is InChI=1S/C11H18BrN3/c1-8(5-13-11-3-4-11)9(2)15-7-10(12)6-14-15/h6-9,11,13H,3-5H2,1-2H3. The summed E-state index contributed by atoms with van der Waals surface area (Å²) in [5.74, 6) is 0.609. The van der Waals surface area contributed by atoms with Crippen molar-refractivity contribution in [2.45, 2.75) is 38.8 Å². The lowest BCUT2D eigenvalue weighted by Crippen LogP contribution is -2.28. The lowest BCUT2D eigenvalue weighted by Gasteiger charge is -2.20. The summed E-state index contributed by atoms with van der Waals surface area (Å²) in [5.41, 5.74) is 0. The van der Waals surface area contributed by atoms with E-state index in [0.29, 0.717) is 12.0 Å². The molecule has 3 nitrogen and oxygen atoms in total. The molecule has 4 heteroatoms. The van der Waals surface area contributed by atoms with Crippen LogP contribution in [0.2, 0.25) is 0 Å². The Labute approximate surface area is 99.4 Å². The van der Waals surface area contributed by atoms with Crippen molar-refractivity contribution < 1.29 is 0 Å². The molecule has 0 aliphatic heterocycles. The first kappa shape index (κ1) is 11.1. The third kappa shape index (κ3) is 3.05. The van der Waals surface area contributed by atoms with Crippen molar-refractivity contribution in [3.8, 4) is 0 Å². The molecule has 1 fully saturated rings. The van der Waals surface area contributed by atoms with E-state index in [9.17, 15) is 0 Å². The highest BCUT2D eigenvalue weighted by Gasteiger charge is 2.22. The number of nitrogens with one attached hydrogen (secondary N) is 1. The monoisotopic (exact) mass is 271 g/mol. The van der Waals surface area contributed by atoms with Gasteiger partial charge in [-0.05, 0) is 48.2 Å². The maximum atomic E-state index is 4.32. The second kappa shape index (κ2) is 4.66. The molecule has 1 N–H and O–H groups in total. The van der Waals surface area contributed by atoms with Gasteiger partial charge in [0, 0.05) is 12.2 Å². The van der Waals surface area contributed by atoms with Crippen LogP contribution in [0.25, 0.3) is 0 Å². The second-order valence-corrected chi connectivity index (χ2v) is 5.45. The normalized spacial score (nSPS) is 20.2. The van der Waals surface area contributed by atoms with Crippen LogP contribution in [0, 0.1) is 5.92 Å². The van der Waals surface area contributed by atoms with Gasteiger partial charge in [-0.25, -0.2) is 0 Å². The zero-order chi connectivity index (χ0) is 10.8. The fourth-order valence-electron chi connectivity index (χ4n) is 1.61. The number of rotatable bonds is 5. The third-order valence-corrected chi connectivity index (χ3v) is 3.53. The first-order valence-corrected chi connectivity index (χ1v) is 6.39. The molecule has 0 amide bonds. The number of nitrogens with zero attached hydrogens (tertiary/aromatic N) is 2. The summed E-state index contributed by atoms with van der Waals surface area (Å²) >= 11 is 3.42. The predicted octanol–water partition coefficient (Wildman–Crippen LogP) is 2.59. The van der Waals surface area contributed by atoms with Gasteiger partial charge in [-0.3, -0.25) is 4.68 Å². The lowest BCUT2D eigenvalue weighted by atomic mass is 10.0. The van der Waals surface area contributed by atoms with Gasteiger partial charge >= 0.3 is 0 Å². The average Bonchev–Trinajstić information content (AvgIpc) is 2.95. The highest BCUT2D eigenvalue weighted by Crippen LogP contribution is 2.22. The minimum atomic E-state index is 0.447. The summed E-state index contributed by atoms with van der Waals surface area (Å²) in [6.07, 6.45) is 6.60. The van der Waals surface area contributed by atoms with Crippen LogP contribution in [-0.2, 0) is 0 Å². The van der Waals surface area contributed by atoms with Crippen molar-refractivity contribution in [1.82, 2.24) is 15.1 Å². The zero-order valence-corrected chi connectivity index (χ0v) is 10.9. The van der Waals surface area contributed by atoms with E-state index >= 15 is 0 Å². The Morgan fingerprint density at radius 1 is 1.60 bits per heavy atom. The van der Waals surface area contributed by atoms with Gasteiger partial charge in [0.15, 0.2) is 0 Å². The number of hydrogen-bond acceptors (Lipinski definition) is 2. The number of hydrogen-bond donors (Lipinski definition) is 1. The fraction of sp³-hybridized carbons (Fsp3) is 0.727. The van der Waals surface area contributed by atoms with Crippen LogP contribution >= 0.6 is 15.9 Å². The van der Waals surface area contributed by atoms with Crippen molar-refractivity contribution in [2.75, 3.05) is 6.54 Å². The van der Waals surface area contributed by atoms with Gasteiger partial charge in [0.05, 0.1) is 16.7 Å². The first-order chi connectivity index (χ1) is 7.16. The van der Waals surface area contributed by atoms with Crippen molar-refractivity contribution in [1.29, 1.82) is 0 Å². The van der Waals surface area contributed by atoms with E-state index in [2.05, 4.69) is 40.2 Å². The van der Waals surface area contributed by atoms with Gasteiger partial charge in [0.25, 0.3) is 0 Å². The summed E-state index contributed by atoms with van der Waals surface area (Å²) in [4.78, 5) is 0. The molecule has 1 aromatic heterocycles. The third-order valence-electron chi connectivity index (χ3n) is 3.12. The summed E-state index contributed by atoms with van der Waals surface area (Å²) in [7, 11) is 0. The Hall–Kier alpha value is -0.350. The number of halogens is 1. The summed E-state index contributed by atoms with van der Waals surface area (Å²) < 4.78 is 3.08. The molecule has 1 aliphatic carbocycles. The molecular weight excluding hydrogens is 254 g/mol. The Kier molecular flexibility index (Phi) is 3.46. The van der Waals surface area contributed by atoms with Crippen molar-refractivity contribution in [2.24, 2.45) is 5.92 Å². The van der Waals surface area contributed by atoms with Crippen LogP contribution in [0.4, 0.5) is 0 Å². The molecule has 1 heterocycles. The molecule has 0 spiro atoms. The van der Waals surface area contributed by atoms with E-state index in [4.69, 9.17) is 0 Å². The van der Waals surface area contributed by atoms with E-state index in [1.807, 2.05) is 17.1 Å². The van der Waals surface area contributed by atoms with Crippen molar-refractivity contribution >= 4 is 15.9 Å². The largest absolute Gasteiger partial charge is 0.314 e. The molecule has 1 saturated carbocycles. The molecule has 84 valence electrons. The second-order valence-electron chi connectivity index (χ2n) is 4.54.